The van der Waals surface area contributed by atoms with E-state index >= 15 is 0 Å². The van der Waals surface area contributed by atoms with E-state index in [1.807, 2.05) is 6.92 Å². The van der Waals surface area contributed by atoms with Crippen molar-refractivity contribution in [1.82, 2.24) is 9.78 Å². The van der Waals surface area contributed by atoms with Crippen LogP contribution in [0, 0.1) is 0 Å². The molecule has 0 aromatic carbocycles. The number of anilines is 1. The van der Waals surface area contributed by atoms with Crippen molar-refractivity contribution in [3.8, 4) is 0 Å². The van der Waals surface area contributed by atoms with Crippen LogP contribution in [0.5, 0.6) is 0 Å². The standard InChI is InChI=1S/C11H17N3O3/c1-4-6-9(15)12-10-8(7-14(3)13-10)11(16)17-5-2/h7H,4-6H2,1-3H3,(H,12,13,15). The van der Waals surface area contributed by atoms with Crippen LogP contribution in [0.15, 0.2) is 6.20 Å². The zero-order chi connectivity index (χ0) is 12.8. The molecule has 1 rings (SSSR count). The number of hydrogen-bond donors (Lipinski definition) is 1. The Kier molecular flexibility index (Phi) is 4.68. The third-order valence-electron chi connectivity index (χ3n) is 2.06. The van der Waals surface area contributed by atoms with Gasteiger partial charge in [0.2, 0.25) is 5.91 Å². The van der Waals surface area contributed by atoms with Crippen molar-refractivity contribution in [2.45, 2.75) is 26.7 Å². The Morgan fingerprint density at radius 2 is 2.18 bits per heavy atom. The molecule has 6 heteroatoms. The van der Waals surface area contributed by atoms with E-state index in [0.717, 1.165) is 6.42 Å². The van der Waals surface area contributed by atoms with Gasteiger partial charge >= 0.3 is 5.97 Å². The Balaban J connectivity index is 2.84. The van der Waals surface area contributed by atoms with Crippen LogP contribution in [0.25, 0.3) is 0 Å². The third kappa shape index (κ3) is 3.58. The second-order valence-electron chi connectivity index (χ2n) is 3.58. The van der Waals surface area contributed by atoms with E-state index in [4.69, 9.17) is 4.74 Å². The molecule has 0 atom stereocenters. The number of esters is 1. The van der Waals surface area contributed by atoms with Gasteiger partial charge in [0.15, 0.2) is 5.82 Å². The lowest BCUT2D eigenvalue weighted by Gasteiger charge is -2.03. The zero-order valence-corrected chi connectivity index (χ0v) is 10.3. The van der Waals surface area contributed by atoms with Crippen LogP contribution < -0.4 is 5.32 Å². The molecule has 17 heavy (non-hydrogen) atoms. The van der Waals surface area contributed by atoms with E-state index < -0.39 is 5.97 Å². The maximum atomic E-state index is 11.6. The van der Waals surface area contributed by atoms with E-state index in [1.165, 1.54) is 10.9 Å². The highest BCUT2D eigenvalue weighted by Gasteiger charge is 2.18. The molecular weight excluding hydrogens is 222 g/mol. The Bertz CT molecular complexity index is 412. The highest BCUT2D eigenvalue weighted by atomic mass is 16.5. The molecule has 1 N–H and O–H groups in total. The number of amides is 1. The first-order chi connectivity index (χ1) is 8.08. The molecule has 0 unspecified atom stereocenters. The van der Waals surface area contributed by atoms with Gasteiger partial charge in [-0.15, -0.1) is 0 Å². The fraction of sp³-hybridized carbons (Fsp3) is 0.545. The molecule has 1 aromatic heterocycles. The minimum atomic E-state index is -0.479. The topological polar surface area (TPSA) is 73.2 Å². The normalized spacial score (nSPS) is 10.1. The van der Waals surface area contributed by atoms with Crippen LogP contribution in [-0.2, 0) is 16.6 Å². The number of nitrogens with one attached hydrogen (secondary N) is 1. The number of hydrogen-bond acceptors (Lipinski definition) is 4. The van der Waals surface area contributed by atoms with Crippen molar-refractivity contribution >= 4 is 17.7 Å². The molecule has 0 saturated heterocycles. The lowest BCUT2D eigenvalue weighted by molar-refractivity contribution is -0.116. The van der Waals surface area contributed by atoms with Crippen LogP contribution in [-0.4, -0.2) is 28.3 Å². The van der Waals surface area contributed by atoms with Gasteiger partial charge in [0.1, 0.15) is 5.56 Å². The van der Waals surface area contributed by atoms with E-state index in [-0.39, 0.29) is 23.9 Å². The van der Waals surface area contributed by atoms with Crippen LogP contribution in [0.3, 0.4) is 0 Å². The van der Waals surface area contributed by atoms with Gasteiger partial charge in [-0.05, 0) is 13.3 Å². The molecule has 6 nitrogen and oxygen atoms in total. The molecule has 0 saturated carbocycles. The minimum Gasteiger partial charge on any atom is -0.462 e. The maximum Gasteiger partial charge on any atom is 0.343 e. The quantitative estimate of drug-likeness (QED) is 0.787. The first-order valence-electron chi connectivity index (χ1n) is 5.59. The summed E-state index contributed by atoms with van der Waals surface area (Å²) in [5.41, 5.74) is 0.277. The summed E-state index contributed by atoms with van der Waals surface area (Å²) in [4.78, 5) is 23.0. The maximum absolute atomic E-state index is 11.6. The number of rotatable bonds is 5. The molecule has 0 aliphatic heterocycles. The van der Waals surface area contributed by atoms with E-state index in [0.29, 0.717) is 6.42 Å². The summed E-state index contributed by atoms with van der Waals surface area (Å²) in [6.45, 7) is 3.92. The van der Waals surface area contributed by atoms with E-state index in [9.17, 15) is 9.59 Å². The number of carbonyl (C=O) groups is 2. The van der Waals surface area contributed by atoms with Gasteiger partial charge in [-0.2, -0.15) is 5.10 Å². The Morgan fingerprint density at radius 1 is 1.47 bits per heavy atom. The minimum absolute atomic E-state index is 0.156. The van der Waals surface area contributed by atoms with Gasteiger partial charge in [0.25, 0.3) is 0 Å². The van der Waals surface area contributed by atoms with E-state index in [2.05, 4.69) is 10.4 Å². The molecule has 0 fully saturated rings. The molecular formula is C11H17N3O3. The fourth-order valence-corrected chi connectivity index (χ4v) is 1.36. The molecule has 1 aromatic rings. The van der Waals surface area contributed by atoms with Crippen LogP contribution in [0.1, 0.15) is 37.0 Å². The molecule has 0 spiro atoms. The predicted octanol–water partition coefficient (Wildman–Crippen LogP) is 1.34. The Labute approximate surface area is 99.9 Å². The second kappa shape index (κ2) is 6.03. The summed E-state index contributed by atoms with van der Waals surface area (Å²) in [6.07, 6.45) is 2.67. The van der Waals surface area contributed by atoms with Gasteiger partial charge < -0.3 is 10.1 Å². The Hall–Kier alpha value is -1.85. The van der Waals surface area contributed by atoms with Crippen molar-refractivity contribution in [3.05, 3.63) is 11.8 Å². The second-order valence-corrected chi connectivity index (χ2v) is 3.58. The number of nitrogens with zero attached hydrogens (tertiary/aromatic N) is 2. The van der Waals surface area contributed by atoms with Crippen molar-refractivity contribution in [1.29, 1.82) is 0 Å². The van der Waals surface area contributed by atoms with Crippen molar-refractivity contribution < 1.29 is 14.3 Å². The molecule has 0 aliphatic carbocycles. The fourth-order valence-electron chi connectivity index (χ4n) is 1.36. The number of aryl methyl sites for hydroxylation is 1. The van der Waals surface area contributed by atoms with Gasteiger partial charge in [0.05, 0.1) is 6.61 Å². The van der Waals surface area contributed by atoms with Crippen molar-refractivity contribution in [3.63, 3.8) is 0 Å². The van der Waals surface area contributed by atoms with Gasteiger partial charge in [-0.3, -0.25) is 9.48 Å². The first kappa shape index (κ1) is 13.2. The van der Waals surface area contributed by atoms with Crippen molar-refractivity contribution in [2.75, 3.05) is 11.9 Å². The lowest BCUT2D eigenvalue weighted by Crippen LogP contribution is -2.14. The highest BCUT2D eigenvalue weighted by molar-refractivity contribution is 5.99. The average Bonchev–Trinajstić information content (AvgIpc) is 2.60. The lowest BCUT2D eigenvalue weighted by atomic mass is 10.3. The molecule has 94 valence electrons. The number of ether oxygens (including phenoxy) is 1. The first-order valence-corrected chi connectivity index (χ1v) is 5.59. The van der Waals surface area contributed by atoms with Gasteiger partial charge in [-0.25, -0.2) is 4.79 Å². The number of aromatic nitrogens is 2. The average molecular weight is 239 g/mol. The van der Waals surface area contributed by atoms with Gasteiger partial charge in [-0.1, -0.05) is 6.92 Å². The largest absolute Gasteiger partial charge is 0.462 e. The van der Waals surface area contributed by atoms with Crippen LogP contribution in [0.2, 0.25) is 0 Å². The smallest absolute Gasteiger partial charge is 0.343 e. The number of carbonyl (C=O) groups excluding carboxylic acids is 2. The summed E-state index contributed by atoms with van der Waals surface area (Å²) in [5.74, 6) is -0.381. The summed E-state index contributed by atoms with van der Waals surface area (Å²) >= 11 is 0. The third-order valence-corrected chi connectivity index (χ3v) is 2.06. The predicted molar refractivity (Wildman–Crippen MR) is 62.7 cm³/mol. The SMILES string of the molecule is CCCC(=O)Nc1nn(C)cc1C(=O)OCC. The monoisotopic (exact) mass is 239 g/mol. The Morgan fingerprint density at radius 3 is 2.76 bits per heavy atom. The van der Waals surface area contributed by atoms with Crippen LogP contribution >= 0.6 is 0 Å². The zero-order valence-electron chi connectivity index (χ0n) is 10.3. The summed E-state index contributed by atoms with van der Waals surface area (Å²) < 4.78 is 6.35. The molecule has 0 radical (unpaired) electrons. The summed E-state index contributed by atoms with van der Waals surface area (Å²) in [7, 11) is 1.68. The van der Waals surface area contributed by atoms with Gasteiger partial charge in [0, 0.05) is 19.7 Å². The molecule has 0 aliphatic rings. The summed E-state index contributed by atoms with van der Waals surface area (Å²) in [6, 6.07) is 0. The van der Waals surface area contributed by atoms with Crippen molar-refractivity contribution in [2.24, 2.45) is 7.05 Å². The van der Waals surface area contributed by atoms with Crippen LogP contribution in [0.4, 0.5) is 5.82 Å². The van der Waals surface area contributed by atoms with E-state index in [1.54, 1.807) is 14.0 Å². The summed E-state index contributed by atoms with van der Waals surface area (Å²) in [5, 5.41) is 6.62. The molecule has 0 bridgehead atoms. The highest BCUT2D eigenvalue weighted by Crippen LogP contribution is 2.14. The molecule has 1 amide bonds. The molecule has 1 heterocycles.